The summed E-state index contributed by atoms with van der Waals surface area (Å²) in [6.45, 7) is 0. The van der Waals surface area contributed by atoms with Gasteiger partial charge in [0.25, 0.3) is 52.3 Å². The Morgan fingerprint density at radius 3 is 1.06 bits per heavy atom. The van der Waals surface area contributed by atoms with Crippen molar-refractivity contribution in [2.45, 2.75) is 31.7 Å². The lowest BCUT2D eigenvalue weighted by molar-refractivity contribution is -0.130. The number of para-hydroxylation sites is 2. The number of aliphatic carboxylic acids is 2. The maximum absolute atomic E-state index is 13.4. The van der Waals surface area contributed by atoms with E-state index in [1.807, 2.05) is 0 Å². The molecule has 0 spiro atoms. The lowest BCUT2D eigenvalue weighted by Crippen LogP contribution is -2.33. The van der Waals surface area contributed by atoms with Gasteiger partial charge >= 0.3 is 11.9 Å². The number of aromatic nitrogens is 6. The van der Waals surface area contributed by atoms with Crippen LogP contribution in [0.4, 0.5) is 69.3 Å². The zero-order valence-electron chi connectivity index (χ0n) is 46.8. The van der Waals surface area contributed by atoms with Gasteiger partial charge in [-0.3, -0.25) is 27.8 Å². The molecule has 0 aliphatic carbocycles. The van der Waals surface area contributed by atoms with Crippen LogP contribution in [0, 0.1) is 0 Å². The number of carbonyl (C=O) groups is 4. The molecular weight excluding hydrogens is 1430 g/mol. The van der Waals surface area contributed by atoms with E-state index in [0.717, 1.165) is 72.8 Å². The summed E-state index contributed by atoms with van der Waals surface area (Å²) in [7, 11) is -20.4. The fourth-order valence-corrected chi connectivity index (χ4v) is 12.0. The second-order valence-electron chi connectivity index (χ2n) is 19.1. The second kappa shape index (κ2) is 27.1. The number of amides is 2. The van der Waals surface area contributed by atoms with Gasteiger partial charge in [-0.25, -0.2) is 9.59 Å². The average Bonchev–Trinajstić information content (AvgIpc) is 1.64. The van der Waals surface area contributed by atoms with Crippen LogP contribution < -0.4 is 31.3 Å². The summed E-state index contributed by atoms with van der Waals surface area (Å²) in [4.78, 5) is 71.9. The van der Waals surface area contributed by atoms with Crippen LogP contribution in [-0.4, -0.2) is 139 Å². The number of nitrogens with zero attached hydrogens (tertiary/aromatic N) is 14. The van der Waals surface area contributed by atoms with Crippen molar-refractivity contribution >= 4 is 203 Å². The molecule has 96 heavy (non-hydrogen) atoms. The number of azo groups is 2. The molecule has 44 heteroatoms. The molecule has 4 heterocycles. The van der Waals surface area contributed by atoms with Crippen molar-refractivity contribution in [2.24, 2.45) is 30.7 Å². The van der Waals surface area contributed by atoms with E-state index in [0.29, 0.717) is 10.0 Å². The number of carbonyl (C=O) groups excluding carboxylic acids is 2. The van der Waals surface area contributed by atoms with Crippen molar-refractivity contribution in [3.8, 4) is 0 Å². The maximum Gasteiger partial charge on any atom is 0.355 e. The molecule has 0 saturated heterocycles. The molecule has 2 atom stereocenters. The van der Waals surface area contributed by atoms with Crippen LogP contribution in [0.2, 0.25) is 20.6 Å². The summed E-state index contributed by atoms with van der Waals surface area (Å²) in [5.41, 5.74) is -3.77. The van der Waals surface area contributed by atoms with E-state index in [-0.39, 0.29) is 79.1 Å². The van der Waals surface area contributed by atoms with E-state index in [1.54, 1.807) is 12.1 Å². The fraction of sp³-hybridized carbons (Fsp3) is 0.0385. The number of rotatable bonds is 22. The summed E-state index contributed by atoms with van der Waals surface area (Å²) < 4.78 is 142. The molecule has 8 aromatic rings. The number of hydrazone groups is 2. The lowest BCUT2D eigenvalue weighted by Gasteiger charge is -2.13. The first-order chi connectivity index (χ1) is 45.2. The minimum absolute atomic E-state index is 0.000513. The van der Waals surface area contributed by atoms with Crippen LogP contribution in [0.3, 0.4) is 0 Å². The first-order valence-corrected chi connectivity index (χ1v) is 33.1. The minimum Gasteiger partial charge on any atom is -0.477 e. The van der Waals surface area contributed by atoms with Crippen LogP contribution in [0.15, 0.2) is 172 Å². The molecule has 0 radical (unpaired) electrons. The molecule has 2 amide bonds. The second-order valence-corrected chi connectivity index (χ2v) is 26.2. The van der Waals surface area contributed by atoms with E-state index in [9.17, 15) is 81.3 Å². The Labute approximate surface area is 557 Å². The van der Waals surface area contributed by atoms with Crippen LogP contribution >= 0.6 is 46.4 Å². The third-order valence-corrected chi connectivity index (χ3v) is 17.3. The third kappa shape index (κ3) is 15.7. The Balaban J connectivity index is 0.852. The van der Waals surface area contributed by atoms with Gasteiger partial charge in [0.1, 0.15) is 31.0 Å². The fourth-order valence-electron chi connectivity index (χ4n) is 8.60. The van der Waals surface area contributed by atoms with Gasteiger partial charge in [-0.2, -0.15) is 104 Å². The van der Waals surface area contributed by atoms with Gasteiger partial charge in [0.2, 0.25) is 46.4 Å². The molecule has 2 aliphatic rings. The Bertz CT molecular complexity index is 4950. The topological polar surface area (TPSA) is 532 Å². The summed E-state index contributed by atoms with van der Waals surface area (Å²) in [5.74, 6) is -6.91. The number of carboxylic acid groups (broad SMARTS) is 2. The summed E-state index contributed by atoms with van der Waals surface area (Å²) >= 11 is 24.8. The number of anilines is 10. The van der Waals surface area contributed by atoms with Crippen molar-refractivity contribution in [2.75, 3.05) is 31.3 Å². The van der Waals surface area contributed by atoms with Crippen LogP contribution in [0.1, 0.15) is 11.1 Å². The van der Waals surface area contributed by atoms with Gasteiger partial charge in [-0.05, 0) is 119 Å². The monoisotopic (exact) mass is 1470 g/mol. The van der Waals surface area contributed by atoms with Crippen LogP contribution in [-0.2, 0) is 59.7 Å². The Kier molecular flexibility index (Phi) is 19.3. The minimum atomic E-state index is -5.12. The molecule has 2 aromatic heterocycles. The van der Waals surface area contributed by atoms with Crippen molar-refractivity contribution in [3.63, 3.8) is 0 Å². The van der Waals surface area contributed by atoms with Gasteiger partial charge in [-0.15, -0.1) is 0 Å². The van der Waals surface area contributed by atoms with E-state index in [1.165, 1.54) is 48.5 Å². The predicted molar refractivity (Wildman–Crippen MR) is 341 cm³/mol. The average molecular weight is 1470 g/mol. The standard InChI is InChI=1S/C52H34Cl4N18O18S4/c53-29-5-1-3-7-33(29)73-43(75)39(41(71-73)45(77)78)69-67-31-19-25(15-17-35(31)93(81,82)83)57-49-61-47(55)63-51(65-49)59-27-13-11-23(37(21-27)95(87,88)89)9-10-24-12-14-28(22-38(24)96(90,91)92)60-52-64-48(56)62-50(66-52)58-26-16-18-36(94(84,85)86)32(20-26)68-70-40-42(46(79)80)72-74(44(40)76)34-8-4-2-6-30(34)54/h1-22,39-40H,(H,77,78)(H,79,80)(H,81,82,83)(H,84,85,86)(H,87,88,89)(H,90,91,92)(H2,57,59,61,63,65)(H2,58,60,62,64,66)/b10-9+,69-67?,70-68?. The SMILES string of the molecule is O=C(O)C1=NN(c2ccccc2Cl)C(=O)C1N=Nc1cc(Nc2nc(Cl)nc(Nc3ccc(/C=C/c4ccc(Nc5nc(Cl)nc(Nc6ccc(S(=O)(=O)O)c(N=NC7C(=O)N(c8ccccc8Cl)N=C7C(=O)O)c6)n5)cc4S(=O)(=O)O)c(S(=O)(=O)O)c3)n2)ccc1S(=O)(=O)O. The third-order valence-electron chi connectivity index (χ3n) is 12.7. The largest absolute Gasteiger partial charge is 0.477 e. The van der Waals surface area contributed by atoms with Crippen molar-refractivity contribution < 1.29 is 81.3 Å². The zero-order valence-corrected chi connectivity index (χ0v) is 53.1. The Hall–Kier alpha value is -10.5. The van der Waals surface area contributed by atoms with Crippen LogP contribution in [0.25, 0.3) is 12.2 Å². The molecule has 10 N–H and O–H groups in total. The molecular formula is C52H34Cl4N18O18S4. The van der Waals surface area contributed by atoms with Gasteiger partial charge in [0.05, 0.1) is 21.4 Å². The molecule has 0 fully saturated rings. The van der Waals surface area contributed by atoms with E-state index < -0.39 is 129 Å². The quantitative estimate of drug-likeness (QED) is 0.0172. The molecule has 0 bridgehead atoms. The van der Waals surface area contributed by atoms with Crippen LogP contribution in [0.5, 0.6) is 0 Å². The highest BCUT2D eigenvalue weighted by Crippen LogP contribution is 2.37. The highest BCUT2D eigenvalue weighted by molar-refractivity contribution is 7.86. The highest BCUT2D eigenvalue weighted by atomic mass is 35.5. The smallest absolute Gasteiger partial charge is 0.355 e. The zero-order chi connectivity index (χ0) is 69.3. The molecule has 36 nitrogen and oxygen atoms in total. The normalized spacial score (nSPS) is 15.4. The first-order valence-electron chi connectivity index (χ1n) is 25.9. The first kappa shape index (κ1) is 68.4. The van der Waals surface area contributed by atoms with Gasteiger partial charge < -0.3 is 31.5 Å². The van der Waals surface area contributed by atoms with E-state index >= 15 is 0 Å². The number of hydrogen-bond donors (Lipinski definition) is 10. The number of nitrogens with one attached hydrogen (secondary N) is 4. The van der Waals surface area contributed by atoms with E-state index in [2.05, 4.69) is 81.8 Å². The van der Waals surface area contributed by atoms with Gasteiger partial charge in [0.15, 0.2) is 11.4 Å². The van der Waals surface area contributed by atoms with E-state index in [4.69, 9.17) is 46.4 Å². The summed E-state index contributed by atoms with van der Waals surface area (Å²) in [5, 5.41) is 53.6. The summed E-state index contributed by atoms with van der Waals surface area (Å²) in [6.07, 6.45) is 2.13. The number of benzene rings is 6. The predicted octanol–water partition coefficient (Wildman–Crippen LogP) is 8.68. The van der Waals surface area contributed by atoms with Crippen molar-refractivity contribution in [3.05, 3.63) is 153 Å². The molecule has 2 aliphatic heterocycles. The van der Waals surface area contributed by atoms with Gasteiger partial charge in [0, 0.05) is 22.7 Å². The molecule has 2 unspecified atom stereocenters. The highest BCUT2D eigenvalue weighted by Gasteiger charge is 2.43. The summed E-state index contributed by atoms with van der Waals surface area (Å²) in [6, 6.07) is 20.4. The molecule has 6 aromatic carbocycles. The molecule has 492 valence electrons. The maximum atomic E-state index is 13.4. The van der Waals surface area contributed by atoms with Crippen molar-refractivity contribution in [1.82, 2.24) is 29.9 Å². The molecule has 10 rings (SSSR count). The molecule has 0 saturated carbocycles. The van der Waals surface area contributed by atoms with Crippen molar-refractivity contribution in [1.29, 1.82) is 0 Å². The Morgan fingerprint density at radius 2 is 0.750 bits per heavy atom. The lowest BCUT2D eigenvalue weighted by atomic mass is 10.1. The number of carboxylic acids is 2. The Morgan fingerprint density at radius 1 is 0.438 bits per heavy atom. The number of hydrogen-bond acceptors (Lipinski definition) is 28. The number of halogens is 4. The van der Waals surface area contributed by atoms with Gasteiger partial charge in [-0.1, -0.05) is 71.8 Å².